The highest BCUT2D eigenvalue weighted by Crippen LogP contribution is 2.14. The molecule has 0 aliphatic rings. The Morgan fingerprint density at radius 3 is 2.73 bits per heavy atom. The number of amides is 1. The summed E-state index contributed by atoms with van der Waals surface area (Å²) in [4.78, 5) is 15.1. The third-order valence-electron chi connectivity index (χ3n) is 3.78. The van der Waals surface area contributed by atoms with E-state index < -0.39 is 0 Å². The second-order valence-electron chi connectivity index (χ2n) is 5.31. The maximum Gasteiger partial charge on any atom is 0.234 e. The van der Waals surface area contributed by atoms with Crippen LogP contribution in [0.4, 0.5) is 0 Å². The predicted molar refractivity (Wildman–Crippen MR) is 87.1 cm³/mol. The molecule has 1 atom stereocenters. The van der Waals surface area contributed by atoms with E-state index in [2.05, 4.69) is 46.3 Å². The summed E-state index contributed by atoms with van der Waals surface area (Å²) in [5.74, 6) is 0.844. The monoisotopic (exact) mass is 324 g/mol. The van der Waals surface area contributed by atoms with Gasteiger partial charge in [-0.3, -0.25) is 9.69 Å². The molecule has 1 N–H and O–H groups in total. The summed E-state index contributed by atoms with van der Waals surface area (Å²) in [5.41, 5.74) is 0. The van der Waals surface area contributed by atoms with Crippen molar-refractivity contribution in [1.82, 2.24) is 30.0 Å². The van der Waals surface area contributed by atoms with E-state index in [9.17, 15) is 4.79 Å². The quantitative estimate of drug-likeness (QED) is 0.791. The lowest BCUT2D eigenvalue weighted by atomic mass is 10.2. The van der Waals surface area contributed by atoms with E-state index in [1.54, 1.807) is 4.52 Å². The van der Waals surface area contributed by atoms with Gasteiger partial charge in [-0.2, -0.15) is 9.61 Å². The topological polar surface area (TPSA) is 75.4 Å². The van der Waals surface area contributed by atoms with Crippen LogP contribution in [0, 0.1) is 6.92 Å². The fourth-order valence-electron chi connectivity index (χ4n) is 2.40. The fourth-order valence-corrected chi connectivity index (χ4v) is 3.28. The lowest BCUT2D eigenvalue weighted by Gasteiger charge is -2.26. The van der Waals surface area contributed by atoms with Crippen LogP contribution in [-0.2, 0) is 11.2 Å². The van der Waals surface area contributed by atoms with Gasteiger partial charge in [0.05, 0.1) is 0 Å². The van der Waals surface area contributed by atoms with Gasteiger partial charge >= 0.3 is 0 Å². The molecule has 0 bridgehead atoms. The lowest BCUT2D eigenvalue weighted by molar-refractivity contribution is -0.121. The van der Waals surface area contributed by atoms with Crippen molar-refractivity contribution in [3.63, 3.8) is 0 Å². The highest BCUT2D eigenvalue weighted by Gasteiger charge is 2.13. The average molecular weight is 324 g/mol. The largest absolute Gasteiger partial charge is 0.355 e. The molecule has 2 heterocycles. The molecule has 1 unspecified atom stereocenters. The van der Waals surface area contributed by atoms with Gasteiger partial charge in [0.25, 0.3) is 0 Å². The zero-order chi connectivity index (χ0) is 16.1. The molecular formula is C14H24N6OS. The molecule has 0 aliphatic heterocycles. The standard InChI is InChI=1S/C14H24N6OS/c1-5-19(6-2)10(3)9-15-12(21)7-8-13-18-20-11(4)16-17-14(20)22-13/h10H,5-9H2,1-4H3,(H,15,21). The Morgan fingerprint density at radius 1 is 1.36 bits per heavy atom. The van der Waals surface area contributed by atoms with Crippen molar-refractivity contribution in [2.45, 2.75) is 46.6 Å². The molecule has 0 radical (unpaired) electrons. The summed E-state index contributed by atoms with van der Waals surface area (Å²) in [6.45, 7) is 11.0. The third kappa shape index (κ3) is 4.01. The summed E-state index contributed by atoms with van der Waals surface area (Å²) in [6.07, 6.45) is 1.09. The highest BCUT2D eigenvalue weighted by atomic mass is 32.1. The summed E-state index contributed by atoms with van der Waals surface area (Å²) in [5, 5.41) is 16.3. The number of carbonyl (C=O) groups is 1. The number of nitrogens with zero attached hydrogens (tertiary/aromatic N) is 5. The summed E-state index contributed by atoms with van der Waals surface area (Å²) >= 11 is 1.49. The van der Waals surface area contributed by atoms with Crippen LogP contribution in [-0.4, -0.2) is 56.3 Å². The van der Waals surface area contributed by atoms with Gasteiger partial charge in [0, 0.05) is 25.4 Å². The Labute approximate surface area is 134 Å². The summed E-state index contributed by atoms with van der Waals surface area (Å²) in [6, 6.07) is 0.357. The molecule has 0 saturated carbocycles. The van der Waals surface area contributed by atoms with Gasteiger partial charge in [-0.15, -0.1) is 10.2 Å². The van der Waals surface area contributed by atoms with Crippen molar-refractivity contribution in [2.24, 2.45) is 0 Å². The molecule has 2 aromatic rings. The van der Waals surface area contributed by atoms with Gasteiger partial charge in [-0.1, -0.05) is 25.2 Å². The van der Waals surface area contributed by atoms with Gasteiger partial charge in [-0.25, -0.2) is 0 Å². The van der Waals surface area contributed by atoms with Crippen molar-refractivity contribution >= 4 is 22.2 Å². The normalized spacial score (nSPS) is 13.0. The average Bonchev–Trinajstić information content (AvgIpc) is 3.06. The molecule has 2 rings (SSSR count). The zero-order valence-corrected chi connectivity index (χ0v) is 14.5. The van der Waals surface area contributed by atoms with Crippen LogP contribution < -0.4 is 5.32 Å². The van der Waals surface area contributed by atoms with Gasteiger partial charge < -0.3 is 5.32 Å². The summed E-state index contributed by atoms with van der Waals surface area (Å²) in [7, 11) is 0. The van der Waals surface area contributed by atoms with Gasteiger partial charge in [0.2, 0.25) is 10.9 Å². The van der Waals surface area contributed by atoms with Gasteiger partial charge in [-0.05, 0) is 26.9 Å². The number of hydrogen-bond donors (Lipinski definition) is 1. The fraction of sp³-hybridized carbons (Fsp3) is 0.714. The van der Waals surface area contributed by atoms with E-state index >= 15 is 0 Å². The first-order valence-electron chi connectivity index (χ1n) is 7.73. The lowest BCUT2D eigenvalue weighted by Crippen LogP contribution is -2.42. The van der Waals surface area contributed by atoms with Crippen LogP contribution in [0.2, 0.25) is 0 Å². The molecule has 122 valence electrons. The first-order valence-corrected chi connectivity index (χ1v) is 8.55. The van der Waals surface area contributed by atoms with E-state index in [-0.39, 0.29) is 5.91 Å². The number of aromatic nitrogens is 4. The Hall–Kier alpha value is -1.54. The van der Waals surface area contributed by atoms with Crippen LogP contribution in [0.3, 0.4) is 0 Å². The Kier molecular flexibility index (Phi) is 5.84. The minimum atomic E-state index is 0.0710. The molecular weight excluding hydrogens is 300 g/mol. The summed E-state index contributed by atoms with van der Waals surface area (Å²) < 4.78 is 1.72. The van der Waals surface area contributed by atoms with Crippen LogP contribution in [0.25, 0.3) is 4.96 Å². The number of fused-ring (bicyclic) bond motifs is 1. The molecule has 1 amide bonds. The maximum atomic E-state index is 12.0. The molecule has 0 aromatic carbocycles. The number of hydrogen-bond acceptors (Lipinski definition) is 6. The number of carbonyl (C=O) groups excluding carboxylic acids is 1. The van der Waals surface area contributed by atoms with Crippen molar-refractivity contribution < 1.29 is 4.79 Å². The predicted octanol–water partition coefficient (Wildman–Crippen LogP) is 1.27. The zero-order valence-electron chi connectivity index (χ0n) is 13.7. The van der Waals surface area contributed by atoms with Crippen LogP contribution in [0.15, 0.2) is 0 Å². The number of rotatable bonds is 8. The van der Waals surface area contributed by atoms with Crippen LogP contribution >= 0.6 is 11.3 Å². The number of nitrogens with one attached hydrogen (secondary N) is 1. The van der Waals surface area contributed by atoms with Gasteiger partial charge in [0.15, 0.2) is 5.82 Å². The first-order chi connectivity index (χ1) is 10.5. The molecule has 2 aromatic heterocycles. The Morgan fingerprint density at radius 2 is 2.09 bits per heavy atom. The number of aryl methyl sites for hydroxylation is 2. The third-order valence-corrected chi connectivity index (χ3v) is 4.74. The molecule has 0 saturated heterocycles. The van der Waals surface area contributed by atoms with E-state index in [4.69, 9.17) is 0 Å². The van der Waals surface area contributed by atoms with Crippen molar-refractivity contribution in [1.29, 1.82) is 0 Å². The second kappa shape index (κ2) is 7.64. The first kappa shape index (κ1) is 16.8. The molecule has 0 spiro atoms. The minimum Gasteiger partial charge on any atom is -0.355 e. The van der Waals surface area contributed by atoms with Gasteiger partial charge in [0.1, 0.15) is 5.01 Å². The van der Waals surface area contributed by atoms with Crippen molar-refractivity contribution in [3.05, 3.63) is 10.8 Å². The van der Waals surface area contributed by atoms with E-state index in [1.807, 2.05) is 6.92 Å². The Balaban J connectivity index is 1.77. The molecule has 0 aliphatic carbocycles. The maximum absolute atomic E-state index is 12.0. The molecule has 0 fully saturated rings. The molecule has 22 heavy (non-hydrogen) atoms. The highest BCUT2D eigenvalue weighted by molar-refractivity contribution is 7.16. The second-order valence-corrected chi connectivity index (χ2v) is 6.35. The van der Waals surface area contributed by atoms with Crippen molar-refractivity contribution in [3.8, 4) is 0 Å². The molecule has 8 heteroatoms. The minimum absolute atomic E-state index is 0.0710. The van der Waals surface area contributed by atoms with E-state index in [0.717, 1.165) is 28.9 Å². The Bertz CT molecular complexity index is 618. The van der Waals surface area contributed by atoms with E-state index in [1.165, 1.54) is 11.3 Å². The van der Waals surface area contributed by atoms with Crippen molar-refractivity contribution in [2.75, 3.05) is 19.6 Å². The SMILES string of the molecule is CCN(CC)C(C)CNC(=O)CCc1nn2c(C)nnc2s1. The number of likely N-dealkylation sites (N-methyl/N-ethyl adjacent to an activating group) is 1. The van der Waals surface area contributed by atoms with Crippen LogP contribution in [0.1, 0.15) is 38.0 Å². The van der Waals surface area contributed by atoms with Crippen LogP contribution in [0.5, 0.6) is 0 Å². The smallest absolute Gasteiger partial charge is 0.234 e. The molecule has 7 nitrogen and oxygen atoms in total. The van der Waals surface area contributed by atoms with E-state index in [0.29, 0.717) is 25.4 Å².